The maximum Gasteiger partial charge on any atom is 0.410 e. The summed E-state index contributed by atoms with van der Waals surface area (Å²) in [6.07, 6.45) is 3.08. The van der Waals surface area contributed by atoms with Gasteiger partial charge in [-0.05, 0) is 62.6 Å². The standard InChI is InChI=1S/C19H28N2O2/c1-19(2,3)23-18(22)21-8-6-14(7-9-21)10-15-4-5-16-12-20-13-17(16)11-15/h4-5,11,14,20H,6-10,12-13H2,1-3H3. The lowest BCUT2D eigenvalue weighted by Crippen LogP contribution is -2.42. The average molecular weight is 316 g/mol. The van der Waals surface area contributed by atoms with Crippen LogP contribution in [0.15, 0.2) is 18.2 Å². The number of hydrogen-bond acceptors (Lipinski definition) is 3. The minimum atomic E-state index is -0.410. The van der Waals surface area contributed by atoms with Crippen molar-refractivity contribution in [2.75, 3.05) is 13.1 Å². The van der Waals surface area contributed by atoms with E-state index in [4.69, 9.17) is 4.74 Å². The molecule has 0 saturated carbocycles. The van der Waals surface area contributed by atoms with Crippen LogP contribution in [0.3, 0.4) is 0 Å². The number of ether oxygens (including phenoxy) is 1. The van der Waals surface area contributed by atoms with Crippen molar-refractivity contribution in [1.29, 1.82) is 0 Å². The molecular weight excluding hydrogens is 288 g/mol. The van der Waals surface area contributed by atoms with Crippen LogP contribution in [0.25, 0.3) is 0 Å². The Hall–Kier alpha value is -1.55. The first-order valence-corrected chi connectivity index (χ1v) is 8.70. The lowest BCUT2D eigenvalue weighted by Gasteiger charge is -2.33. The van der Waals surface area contributed by atoms with Gasteiger partial charge < -0.3 is 15.0 Å². The Morgan fingerprint density at radius 1 is 1.22 bits per heavy atom. The van der Waals surface area contributed by atoms with Gasteiger partial charge in [0.2, 0.25) is 0 Å². The van der Waals surface area contributed by atoms with Crippen LogP contribution in [0, 0.1) is 5.92 Å². The number of carbonyl (C=O) groups excluding carboxylic acids is 1. The highest BCUT2D eigenvalue weighted by atomic mass is 16.6. The Bertz CT molecular complexity index is 569. The first-order chi connectivity index (χ1) is 10.9. The molecule has 0 atom stereocenters. The van der Waals surface area contributed by atoms with Gasteiger partial charge >= 0.3 is 6.09 Å². The maximum absolute atomic E-state index is 12.1. The van der Waals surface area contributed by atoms with Crippen LogP contribution in [0.5, 0.6) is 0 Å². The third-order valence-corrected chi connectivity index (χ3v) is 4.69. The van der Waals surface area contributed by atoms with Crippen molar-refractivity contribution in [3.63, 3.8) is 0 Å². The van der Waals surface area contributed by atoms with Gasteiger partial charge in [-0.15, -0.1) is 0 Å². The molecule has 0 spiro atoms. The number of piperidine rings is 1. The van der Waals surface area contributed by atoms with E-state index in [-0.39, 0.29) is 6.09 Å². The number of benzene rings is 1. The largest absolute Gasteiger partial charge is 0.444 e. The predicted octanol–water partition coefficient (Wildman–Crippen LogP) is 3.48. The molecule has 1 saturated heterocycles. The minimum Gasteiger partial charge on any atom is -0.444 e. The van der Waals surface area contributed by atoms with Gasteiger partial charge in [0, 0.05) is 26.2 Å². The molecule has 0 radical (unpaired) electrons. The van der Waals surface area contributed by atoms with E-state index in [0.717, 1.165) is 45.4 Å². The highest BCUT2D eigenvalue weighted by Gasteiger charge is 2.27. The van der Waals surface area contributed by atoms with Crippen LogP contribution in [0.2, 0.25) is 0 Å². The van der Waals surface area contributed by atoms with Crippen molar-refractivity contribution in [2.24, 2.45) is 5.92 Å². The number of fused-ring (bicyclic) bond motifs is 1. The van der Waals surface area contributed by atoms with Gasteiger partial charge in [0.1, 0.15) is 5.60 Å². The Morgan fingerprint density at radius 3 is 2.61 bits per heavy atom. The molecule has 126 valence electrons. The Labute approximate surface area is 139 Å². The first-order valence-electron chi connectivity index (χ1n) is 8.70. The highest BCUT2D eigenvalue weighted by molar-refractivity contribution is 5.68. The normalized spacial score (nSPS) is 18.8. The van der Waals surface area contributed by atoms with E-state index in [1.165, 1.54) is 16.7 Å². The summed E-state index contributed by atoms with van der Waals surface area (Å²) < 4.78 is 5.46. The van der Waals surface area contributed by atoms with E-state index in [1.807, 2.05) is 25.7 Å². The zero-order valence-electron chi connectivity index (χ0n) is 14.5. The van der Waals surface area contributed by atoms with Crippen LogP contribution in [0.4, 0.5) is 4.79 Å². The molecule has 0 bridgehead atoms. The molecule has 1 fully saturated rings. The second-order valence-corrected chi connectivity index (χ2v) is 7.82. The fraction of sp³-hybridized carbons (Fsp3) is 0.632. The van der Waals surface area contributed by atoms with E-state index >= 15 is 0 Å². The van der Waals surface area contributed by atoms with Crippen molar-refractivity contribution < 1.29 is 9.53 Å². The van der Waals surface area contributed by atoms with E-state index in [0.29, 0.717) is 5.92 Å². The number of likely N-dealkylation sites (tertiary alicyclic amines) is 1. The third kappa shape index (κ3) is 4.25. The number of rotatable bonds is 2. The summed E-state index contributed by atoms with van der Waals surface area (Å²) in [5, 5.41) is 3.40. The number of hydrogen-bond donors (Lipinski definition) is 1. The van der Waals surface area contributed by atoms with E-state index in [9.17, 15) is 4.79 Å². The number of carbonyl (C=O) groups is 1. The average Bonchev–Trinajstić information content (AvgIpc) is 2.94. The Balaban J connectivity index is 1.50. The Kier molecular flexibility index (Phi) is 4.62. The fourth-order valence-corrected chi connectivity index (χ4v) is 3.45. The number of nitrogens with one attached hydrogen (secondary N) is 1. The summed E-state index contributed by atoms with van der Waals surface area (Å²) >= 11 is 0. The first kappa shape index (κ1) is 16.3. The van der Waals surface area contributed by atoms with Crippen molar-refractivity contribution in [2.45, 2.75) is 58.7 Å². The van der Waals surface area contributed by atoms with Crippen LogP contribution in [-0.4, -0.2) is 29.7 Å². The summed E-state index contributed by atoms with van der Waals surface area (Å²) in [7, 11) is 0. The van der Waals surface area contributed by atoms with E-state index in [2.05, 4.69) is 23.5 Å². The molecule has 3 rings (SSSR count). The van der Waals surface area contributed by atoms with Crippen LogP contribution >= 0.6 is 0 Å². The van der Waals surface area contributed by atoms with Gasteiger partial charge in [0.05, 0.1) is 0 Å². The molecule has 23 heavy (non-hydrogen) atoms. The summed E-state index contributed by atoms with van der Waals surface area (Å²) in [4.78, 5) is 14.0. The lowest BCUT2D eigenvalue weighted by molar-refractivity contribution is 0.0184. The SMILES string of the molecule is CC(C)(C)OC(=O)N1CCC(Cc2ccc3c(c2)CNC3)CC1. The topological polar surface area (TPSA) is 41.6 Å². The monoisotopic (exact) mass is 316 g/mol. The summed E-state index contributed by atoms with van der Waals surface area (Å²) in [5.74, 6) is 0.668. The van der Waals surface area contributed by atoms with Gasteiger partial charge in [0.25, 0.3) is 0 Å². The fourth-order valence-electron chi connectivity index (χ4n) is 3.45. The second kappa shape index (κ2) is 6.52. The zero-order valence-corrected chi connectivity index (χ0v) is 14.5. The van der Waals surface area contributed by atoms with Crippen molar-refractivity contribution in [3.05, 3.63) is 34.9 Å². The molecule has 0 aliphatic carbocycles. The molecule has 1 aromatic rings. The summed E-state index contributed by atoms with van der Waals surface area (Å²) in [5.41, 5.74) is 3.91. The number of amides is 1. The highest BCUT2D eigenvalue weighted by Crippen LogP contribution is 2.25. The van der Waals surface area contributed by atoms with Gasteiger partial charge in [-0.25, -0.2) is 4.79 Å². The van der Waals surface area contributed by atoms with Crippen LogP contribution in [-0.2, 0) is 24.2 Å². The van der Waals surface area contributed by atoms with Gasteiger partial charge in [-0.3, -0.25) is 0 Å². The van der Waals surface area contributed by atoms with Crippen molar-refractivity contribution in [1.82, 2.24) is 10.2 Å². The van der Waals surface area contributed by atoms with Gasteiger partial charge in [-0.1, -0.05) is 18.2 Å². The molecule has 0 aromatic heterocycles. The molecular formula is C19H28N2O2. The van der Waals surface area contributed by atoms with Crippen LogP contribution in [0.1, 0.15) is 50.3 Å². The predicted molar refractivity (Wildman–Crippen MR) is 91.2 cm³/mol. The van der Waals surface area contributed by atoms with Crippen molar-refractivity contribution >= 4 is 6.09 Å². The van der Waals surface area contributed by atoms with Gasteiger partial charge in [-0.2, -0.15) is 0 Å². The van der Waals surface area contributed by atoms with E-state index in [1.54, 1.807) is 0 Å². The van der Waals surface area contributed by atoms with Crippen molar-refractivity contribution in [3.8, 4) is 0 Å². The molecule has 4 heteroatoms. The molecule has 2 aliphatic heterocycles. The van der Waals surface area contributed by atoms with Crippen LogP contribution < -0.4 is 5.32 Å². The molecule has 2 heterocycles. The summed E-state index contributed by atoms with van der Waals surface area (Å²) in [6, 6.07) is 6.89. The molecule has 0 unspecified atom stereocenters. The third-order valence-electron chi connectivity index (χ3n) is 4.69. The number of nitrogens with zero attached hydrogens (tertiary/aromatic N) is 1. The lowest BCUT2D eigenvalue weighted by atomic mass is 9.89. The molecule has 1 N–H and O–H groups in total. The molecule has 2 aliphatic rings. The molecule has 4 nitrogen and oxygen atoms in total. The quantitative estimate of drug-likeness (QED) is 0.908. The van der Waals surface area contributed by atoms with Gasteiger partial charge in [0.15, 0.2) is 0 Å². The maximum atomic E-state index is 12.1. The molecule has 1 aromatic carbocycles. The van der Waals surface area contributed by atoms with E-state index < -0.39 is 5.60 Å². The zero-order chi connectivity index (χ0) is 16.4. The smallest absolute Gasteiger partial charge is 0.410 e. The second-order valence-electron chi connectivity index (χ2n) is 7.82. The minimum absolute atomic E-state index is 0.167. The Morgan fingerprint density at radius 2 is 1.91 bits per heavy atom. The molecule has 1 amide bonds. The summed E-state index contributed by atoms with van der Waals surface area (Å²) in [6.45, 7) is 9.38.